The first-order chi connectivity index (χ1) is 8.74. The Bertz CT molecular complexity index is 440. The molecule has 2 nitrogen and oxygen atoms in total. The summed E-state index contributed by atoms with van der Waals surface area (Å²) < 4.78 is 0. The van der Waals surface area contributed by atoms with Gasteiger partial charge in [0, 0.05) is 18.4 Å². The molecule has 0 aromatic heterocycles. The van der Waals surface area contributed by atoms with Crippen LogP contribution >= 0.6 is 0 Å². The Morgan fingerprint density at radius 3 is 1.67 bits per heavy atom. The highest BCUT2D eigenvalue weighted by atomic mass is 16.3. The van der Waals surface area contributed by atoms with E-state index in [0.717, 1.165) is 17.7 Å². The summed E-state index contributed by atoms with van der Waals surface area (Å²) in [6.07, 6.45) is 1.06. The van der Waals surface area contributed by atoms with E-state index in [-0.39, 0.29) is 6.61 Å². The highest BCUT2D eigenvalue weighted by Crippen LogP contribution is 2.24. The Kier molecular flexibility index (Phi) is 4.00. The zero-order valence-electron chi connectivity index (χ0n) is 10.9. The normalized spacial score (nSPS) is 10.4. The molecule has 0 spiro atoms. The smallest absolute Gasteiger partial charge is 0.0681 e. The Morgan fingerprint density at radius 1 is 0.833 bits per heavy atom. The third-order valence-electron chi connectivity index (χ3n) is 3.24. The molecule has 2 aromatic carbocycles. The molecule has 0 saturated carbocycles. The van der Waals surface area contributed by atoms with Crippen molar-refractivity contribution in [2.24, 2.45) is 0 Å². The molecular weight excluding hydrogens is 222 g/mol. The predicted octanol–water partition coefficient (Wildman–Crippen LogP) is 3.51. The fraction of sp³-hybridized carbons (Fsp3) is 0.250. The van der Waals surface area contributed by atoms with Crippen LogP contribution in [0.1, 0.15) is 18.1 Å². The first kappa shape index (κ1) is 12.7. The molecule has 1 N–H and O–H groups in total. The molecule has 18 heavy (non-hydrogen) atoms. The van der Waals surface area contributed by atoms with Crippen LogP contribution in [-0.2, 0) is 13.0 Å². The van der Waals surface area contributed by atoms with Crippen LogP contribution in [0.2, 0.25) is 0 Å². The summed E-state index contributed by atoms with van der Waals surface area (Å²) in [5.74, 6) is 0. The Morgan fingerprint density at radius 2 is 1.28 bits per heavy atom. The molecule has 0 fully saturated rings. The summed E-state index contributed by atoms with van der Waals surface area (Å²) in [6, 6.07) is 16.6. The molecule has 0 radical (unpaired) electrons. The molecule has 0 aliphatic heterocycles. The zero-order chi connectivity index (χ0) is 13.0. The number of aliphatic hydroxyl groups is 1. The van der Waals surface area contributed by atoms with Crippen molar-refractivity contribution in [3.63, 3.8) is 0 Å². The van der Waals surface area contributed by atoms with Crippen LogP contribution in [0.15, 0.2) is 48.5 Å². The molecule has 0 aliphatic rings. The minimum Gasteiger partial charge on any atom is -0.392 e. The van der Waals surface area contributed by atoms with Gasteiger partial charge >= 0.3 is 0 Å². The second-order valence-corrected chi connectivity index (χ2v) is 4.40. The van der Waals surface area contributed by atoms with E-state index < -0.39 is 0 Å². The van der Waals surface area contributed by atoms with Crippen LogP contribution in [0.5, 0.6) is 0 Å². The van der Waals surface area contributed by atoms with E-state index in [2.05, 4.69) is 43.1 Å². The van der Waals surface area contributed by atoms with E-state index in [0.29, 0.717) is 0 Å². The lowest BCUT2D eigenvalue weighted by molar-refractivity contribution is 0.282. The lowest BCUT2D eigenvalue weighted by Gasteiger charge is -2.20. The summed E-state index contributed by atoms with van der Waals surface area (Å²) >= 11 is 0. The largest absolute Gasteiger partial charge is 0.392 e. The van der Waals surface area contributed by atoms with Gasteiger partial charge in [-0.1, -0.05) is 31.2 Å². The van der Waals surface area contributed by atoms with Crippen molar-refractivity contribution in [3.05, 3.63) is 59.7 Å². The molecule has 2 rings (SSSR count). The highest BCUT2D eigenvalue weighted by molar-refractivity contribution is 5.62. The van der Waals surface area contributed by atoms with Gasteiger partial charge < -0.3 is 10.0 Å². The monoisotopic (exact) mass is 241 g/mol. The van der Waals surface area contributed by atoms with Crippen molar-refractivity contribution in [1.82, 2.24) is 0 Å². The Balaban J connectivity index is 2.20. The second kappa shape index (κ2) is 5.69. The molecule has 2 heteroatoms. The molecule has 94 valence electrons. The van der Waals surface area contributed by atoms with Gasteiger partial charge in [-0.3, -0.25) is 0 Å². The van der Waals surface area contributed by atoms with Crippen LogP contribution < -0.4 is 4.90 Å². The molecule has 0 bridgehead atoms. The maximum absolute atomic E-state index is 9.03. The summed E-state index contributed by atoms with van der Waals surface area (Å²) in [4.78, 5) is 2.14. The van der Waals surface area contributed by atoms with E-state index in [4.69, 9.17) is 5.11 Å². The van der Waals surface area contributed by atoms with Crippen molar-refractivity contribution >= 4 is 11.4 Å². The molecule has 2 aromatic rings. The van der Waals surface area contributed by atoms with Gasteiger partial charge in [0.15, 0.2) is 0 Å². The summed E-state index contributed by atoms with van der Waals surface area (Å²) in [7, 11) is 2.05. The maximum atomic E-state index is 9.03. The van der Waals surface area contributed by atoms with E-state index in [9.17, 15) is 0 Å². The number of nitrogens with zero attached hydrogens (tertiary/aromatic N) is 1. The predicted molar refractivity (Wildman–Crippen MR) is 76.2 cm³/mol. The minimum atomic E-state index is 0.0925. The fourth-order valence-electron chi connectivity index (χ4n) is 1.93. The van der Waals surface area contributed by atoms with Crippen molar-refractivity contribution in [2.75, 3.05) is 11.9 Å². The lowest BCUT2D eigenvalue weighted by Crippen LogP contribution is -2.09. The van der Waals surface area contributed by atoms with Gasteiger partial charge in [-0.25, -0.2) is 0 Å². The molecular formula is C16H19NO. The summed E-state index contributed by atoms with van der Waals surface area (Å²) in [6.45, 7) is 2.25. The van der Waals surface area contributed by atoms with Crippen LogP contribution in [-0.4, -0.2) is 12.2 Å². The molecule has 0 aliphatic carbocycles. The third-order valence-corrected chi connectivity index (χ3v) is 3.24. The van der Waals surface area contributed by atoms with Crippen molar-refractivity contribution in [1.29, 1.82) is 0 Å². The number of aryl methyl sites for hydroxylation is 1. The first-order valence-electron chi connectivity index (χ1n) is 6.27. The second-order valence-electron chi connectivity index (χ2n) is 4.40. The number of hydrogen-bond donors (Lipinski definition) is 1. The van der Waals surface area contributed by atoms with Gasteiger partial charge in [0.25, 0.3) is 0 Å². The summed E-state index contributed by atoms with van der Waals surface area (Å²) in [5, 5.41) is 9.03. The minimum absolute atomic E-state index is 0.0925. The number of anilines is 2. The standard InChI is InChI=1S/C16H19NO/c1-3-13-4-8-15(9-5-13)17(2)16-10-6-14(12-18)7-11-16/h4-11,18H,3,12H2,1-2H3. The average Bonchev–Trinajstić information content (AvgIpc) is 2.47. The Hall–Kier alpha value is -1.80. The molecule has 0 saturated heterocycles. The Labute approximate surface area is 109 Å². The van der Waals surface area contributed by atoms with E-state index in [1.54, 1.807) is 0 Å². The van der Waals surface area contributed by atoms with E-state index in [1.807, 2.05) is 24.3 Å². The summed E-state index contributed by atoms with van der Waals surface area (Å²) in [5.41, 5.74) is 4.58. The number of aliphatic hydroxyl groups excluding tert-OH is 1. The van der Waals surface area contributed by atoms with E-state index >= 15 is 0 Å². The van der Waals surface area contributed by atoms with Crippen molar-refractivity contribution < 1.29 is 5.11 Å². The van der Waals surface area contributed by atoms with Gasteiger partial charge in [-0.2, -0.15) is 0 Å². The quantitative estimate of drug-likeness (QED) is 0.885. The topological polar surface area (TPSA) is 23.5 Å². The molecule has 0 amide bonds. The lowest BCUT2D eigenvalue weighted by atomic mass is 10.1. The zero-order valence-corrected chi connectivity index (χ0v) is 10.9. The van der Waals surface area contributed by atoms with Crippen molar-refractivity contribution in [2.45, 2.75) is 20.0 Å². The van der Waals surface area contributed by atoms with E-state index in [1.165, 1.54) is 11.3 Å². The van der Waals surface area contributed by atoms with Gasteiger partial charge in [-0.15, -0.1) is 0 Å². The van der Waals surface area contributed by atoms with Gasteiger partial charge in [0.1, 0.15) is 0 Å². The van der Waals surface area contributed by atoms with Crippen LogP contribution in [0.25, 0.3) is 0 Å². The van der Waals surface area contributed by atoms with Gasteiger partial charge in [0.05, 0.1) is 6.61 Å². The fourth-order valence-corrected chi connectivity index (χ4v) is 1.93. The van der Waals surface area contributed by atoms with Gasteiger partial charge in [-0.05, 0) is 41.8 Å². The molecule has 0 heterocycles. The SMILES string of the molecule is CCc1ccc(N(C)c2ccc(CO)cc2)cc1. The van der Waals surface area contributed by atoms with Crippen LogP contribution in [0.4, 0.5) is 11.4 Å². The number of benzene rings is 2. The third kappa shape index (κ3) is 2.71. The molecule has 0 atom stereocenters. The maximum Gasteiger partial charge on any atom is 0.0681 e. The first-order valence-corrected chi connectivity index (χ1v) is 6.27. The average molecular weight is 241 g/mol. The van der Waals surface area contributed by atoms with Crippen molar-refractivity contribution in [3.8, 4) is 0 Å². The van der Waals surface area contributed by atoms with Crippen LogP contribution in [0, 0.1) is 0 Å². The molecule has 0 unspecified atom stereocenters. The van der Waals surface area contributed by atoms with Gasteiger partial charge in [0.2, 0.25) is 0 Å². The van der Waals surface area contributed by atoms with Crippen LogP contribution in [0.3, 0.4) is 0 Å². The number of rotatable bonds is 4. The highest BCUT2D eigenvalue weighted by Gasteiger charge is 2.03. The number of hydrogen-bond acceptors (Lipinski definition) is 2.